The Morgan fingerprint density at radius 1 is 1.03 bits per heavy atom. The van der Waals surface area contributed by atoms with Gasteiger partial charge in [0.05, 0.1) is 37.3 Å². The number of amides is 2. The number of hydrogen-bond donors (Lipinski definition) is 0. The van der Waals surface area contributed by atoms with Crippen molar-refractivity contribution in [2.24, 2.45) is 0 Å². The van der Waals surface area contributed by atoms with Crippen molar-refractivity contribution in [3.8, 4) is 5.75 Å². The number of carbonyl (C=O) groups excluding carboxylic acids is 2. The summed E-state index contributed by atoms with van der Waals surface area (Å²) in [6.45, 7) is 4.95. The van der Waals surface area contributed by atoms with E-state index >= 15 is 0 Å². The molecule has 0 radical (unpaired) electrons. The van der Waals surface area contributed by atoms with E-state index in [0.29, 0.717) is 44.3 Å². The smallest absolute Gasteiger partial charge is 0.252 e. The zero-order valence-corrected chi connectivity index (χ0v) is 20.2. The van der Waals surface area contributed by atoms with Gasteiger partial charge in [0.15, 0.2) is 0 Å². The Bertz CT molecular complexity index is 1130. The third-order valence-electron chi connectivity index (χ3n) is 6.17. The van der Waals surface area contributed by atoms with Gasteiger partial charge in [0, 0.05) is 26.2 Å². The van der Waals surface area contributed by atoms with E-state index in [1.54, 1.807) is 24.3 Å². The number of aryl methyl sites for hydroxylation is 1. The summed E-state index contributed by atoms with van der Waals surface area (Å²) in [4.78, 5) is 29.5. The van der Waals surface area contributed by atoms with E-state index in [-0.39, 0.29) is 17.9 Å². The predicted molar refractivity (Wildman–Crippen MR) is 126 cm³/mol. The van der Waals surface area contributed by atoms with E-state index < -0.39 is 27.9 Å². The van der Waals surface area contributed by atoms with E-state index in [9.17, 15) is 18.0 Å². The summed E-state index contributed by atoms with van der Waals surface area (Å²) in [5.41, 5.74) is 1.44. The van der Waals surface area contributed by atoms with Gasteiger partial charge in [0.1, 0.15) is 11.8 Å². The Morgan fingerprint density at radius 3 is 2.29 bits per heavy atom. The maximum absolute atomic E-state index is 13.7. The summed E-state index contributed by atoms with van der Waals surface area (Å²) in [6.07, 6.45) is -0.203. The lowest BCUT2D eigenvalue weighted by atomic mass is 10.2. The van der Waals surface area contributed by atoms with Crippen molar-refractivity contribution in [3.05, 3.63) is 54.1 Å². The van der Waals surface area contributed by atoms with Gasteiger partial charge in [-0.15, -0.1) is 0 Å². The van der Waals surface area contributed by atoms with E-state index in [2.05, 4.69) is 4.90 Å². The standard InChI is InChI=1S/C24H29N3O6S/c1-18-3-5-19(6-4-18)27-23(28)17-22(24(27)29)26(12-11-25-13-15-33-16-14-25)34(30,31)21-9-7-20(32-2)8-10-21/h3-10,22H,11-17H2,1-2H3. The Kier molecular flexibility index (Phi) is 7.32. The minimum absolute atomic E-state index is 0.0457. The number of hydrogen-bond acceptors (Lipinski definition) is 7. The largest absolute Gasteiger partial charge is 0.497 e. The number of sulfonamides is 1. The molecule has 0 aliphatic carbocycles. The number of nitrogens with zero attached hydrogens (tertiary/aromatic N) is 3. The molecule has 1 unspecified atom stereocenters. The van der Waals surface area contributed by atoms with Gasteiger partial charge in [-0.1, -0.05) is 17.7 Å². The summed E-state index contributed by atoms with van der Waals surface area (Å²) in [7, 11) is -2.56. The lowest BCUT2D eigenvalue weighted by molar-refractivity contribution is -0.122. The van der Waals surface area contributed by atoms with Crippen LogP contribution in [0.25, 0.3) is 0 Å². The van der Waals surface area contributed by atoms with Gasteiger partial charge in [0.25, 0.3) is 5.91 Å². The summed E-state index contributed by atoms with van der Waals surface area (Å²) < 4.78 is 39.1. The van der Waals surface area contributed by atoms with Gasteiger partial charge in [-0.05, 0) is 43.3 Å². The second kappa shape index (κ2) is 10.2. The molecule has 0 spiro atoms. The predicted octanol–water partition coefficient (Wildman–Crippen LogP) is 1.66. The van der Waals surface area contributed by atoms with E-state index in [1.165, 1.54) is 23.5 Å². The van der Waals surface area contributed by atoms with Crippen molar-refractivity contribution in [2.75, 3.05) is 51.4 Å². The molecule has 1 atom stereocenters. The summed E-state index contributed by atoms with van der Waals surface area (Å²) in [5, 5.41) is 0. The highest BCUT2D eigenvalue weighted by atomic mass is 32.2. The first-order chi connectivity index (χ1) is 16.3. The first-order valence-corrected chi connectivity index (χ1v) is 12.6. The Morgan fingerprint density at radius 2 is 1.68 bits per heavy atom. The summed E-state index contributed by atoms with van der Waals surface area (Å²) in [6, 6.07) is 11.9. The van der Waals surface area contributed by atoms with Crippen molar-refractivity contribution < 1.29 is 27.5 Å². The van der Waals surface area contributed by atoms with Crippen LogP contribution in [0.2, 0.25) is 0 Å². The Labute approximate surface area is 199 Å². The number of methoxy groups -OCH3 is 1. The molecule has 2 aromatic rings. The molecule has 2 saturated heterocycles. The second-order valence-electron chi connectivity index (χ2n) is 8.37. The number of carbonyl (C=O) groups is 2. The van der Waals surface area contributed by atoms with Crippen LogP contribution in [0, 0.1) is 6.92 Å². The van der Waals surface area contributed by atoms with E-state index in [1.807, 2.05) is 19.1 Å². The second-order valence-corrected chi connectivity index (χ2v) is 10.3. The molecule has 182 valence electrons. The highest BCUT2D eigenvalue weighted by molar-refractivity contribution is 7.89. The number of anilines is 1. The normalized spacial score (nSPS) is 19.7. The molecular formula is C24H29N3O6S. The Balaban J connectivity index is 1.64. The third-order valence-corrected chi connectivity index (χ3v) is 8.09. The molecule has 2 aliphatic heterocycles. The SMILES string of the molecule is COc1ccc(S(=O)(=O)N(CCN2CCOCC2)C2CC(=O)N(c3ccc(C)cc3)C2=O)cc1. The van der Waals surface area contributed by atoms with Gasteiger partial charge < -0.3 is 9.47 Å². The average molecular weight is 488 g/mol. The van der Waals surface area contributed by atoms with Crippen LogP contribution in [0.5, 0.6) is 5.75 Å². The van der Waals surface area contributed by atoms with Crippen LogP contribution in [-0.2, 0) is 24.3 Å². The summed E-state index contributed by atoms with van der Waals surface area (Å²) in [5.74, 6) is -0.426. The van der Waals surface area contributed by atoms with E-state index in [4.69, 9.17) is 9.47 Å². The van der Waals surface area contributed by atoms with Crippen molar-refractivity contribution in [3.63, 3.8) is 0 Å². The van der Waals surface area contributed by atoms with Crippen LogP contribution in [0.1, 0.15) is 12.0 Å². The molecule has 2 heterocycles. The molecule has 2 aromatic carbocycles. The van der Waals surface area contributed by atoms with E-state index in [0.717, 1.165) is 10.5 Å². The van der Waals surface area contributed by atoms with Gasteiger partial charge >= 0.3 is 0 Å². The van der Waals surface area contributed by atoms with Crippen LogP contribution in [0.3, 0.4) is 0 Å². The molecule has 9 nitrogen and oxygen atoms in total. The zero-order chi connectivity index (χ0) is 24.3. The van der Waals surface area contributed by atoms with Crippen molar-refractivity contribution in [1.29, 1.82) is 0 Å². The van der Waals surface area contributed by atoms with Crippen LogP contribution >= 0.6 is 0 Å². The molecule has 34 heavy (non-hydrogen) atoms. The minimum atomic E-state index is -4.06. The lowest BCUT2D eigenvalue weighted by Gasteiger charge is -2.31. The first kappa shape index (κ1) is 24.3. The molecule has 0 N–H and O–H groups in total. The molecule has 4 rings (SSSR count). The molecule has 2 aliphatic rings. The van der Waals surface area contributed by atoms with Gasteiger partial charge in [-0.2, -0.15) is 4.31 Å². The number of benzene rings is 2. The maximum Gasteiger partial charge on any atom is 0.252 e. The van der Waals surface area contributed by atoms with Crippen molar-refractivity contribution >= 4 is 27.5 Å². The lowest BCUT2D eigenvalue weighted by Crippen LogP contribution is -2.49. The number of rotatable bonds is 8. The summed E-state index contributed by atoms with van der Waals surface area (Å²) >= 11 is 0. The van der Waals surface area contributed by atoms with Gasteiger partial charge in [-0.25, -0.2) is 13.3 Å². The zero-order valence-electron chi connectivity index (χ0n) is 19.3. The molecule has 10 heteroatoms. The third kappa shape index (κ3) is 5.00. The minimum Gasteiger partial charge on any atom is -0.497 e. The van der Waals surface area contributed by atoms with Crippen LogP contribution < -0.4 is 9.64 Å². The van der Waals surface area contributed by atoms with Crippen LogP contribution in [0.4, 0.5) is 5.69 Å². The highest BCUT2D eigenvalue weighted by Crippen LogP contribution is 2.30. The van der Waals surface area contributed by atoms with Crippen LogP contribution in [-0.4, -0.2) is 82.0 Å². The molecule has 0 aromatic heterocycles. The quantitative estimate of drug-likeness (QED) is 0.523. The molecule has 0 saturated carbocycles. The fraction of sp³-hybridized carbons (Fsp3) is 0.417. The molecule has 2 amide bonds. The maximum atomic E-state index is 13.7. The highest BCUT2D eigenvalue weighted by Gasteiger charge is 2.47. The monoisotopic (exact) mass is 487 g/mol. The average Bonchev–Trinajstić information content (AvgIpc) is 3.13. The van der Waals surface area contributed by atoms with Gasteiger partial charge in [-0.3, -0.25) is 14.5 Å². The number of ether oxygens (including phenoxy) is 2. The fourth-order valence-electron chi connectivity index (χ4n) is 4.20. The Hall–Kier alpha value is -2.79. The topological polar surface area (TPSA) is 96.5 Å². The molecule has 2 fully saturated rings. The van der Waals surface area contributed by atoms with Crippen LogP contribution in [0.15, 0.2) is 53.4 Å². The fourth-order valence-corrected chi connectivity index (χ4v) is 5.77. The first-order valence-electron chi connectivity index (χ1n) is 11.2. The number of imide groups is 1. The molecule has 0 bridgehead atoms. The van der Waals surface area contributed by atoms with Crippen molar-refractivity contribution in [2.45, 2.75) is 24.3 Å². The number of morpholine rings is 1. The van der Waals surface area contributed by atoms with Crippen molar-refractivity contribution in [1.82, 2.24) is 9.21 Å². The van der Waals surface area contributed by atoms with Gasteiger partial charge in [0.2, 0.25) is 15.9 Å². The molecular weight excluding hydrogens is 458 g/mol.